The van der Waals surface area contributed by atoms with Crippen LogP contribution < -0.4 is 14.5 Å². The van der Waals surface area contributed by atoms with E-state index < -0.39 is 0 Å². The minimum absolute atomic E-state index is 0.684. The fourth-order valence-electron chi connectivity index (χ4n) is 4.12. The molecule has 7 heteroatoms. The van der Waals surface area contributed by atoms with Crippen LogP contribution in [0, 0.1) is 18.6 Å². The number of ether oxygens (including phenoxy) is 1. The normalized spacial score (nSPS) is 14.8. The Bertz CT molecular complexity index is 1070. The highest BCUT2D eigenvalue weighted by Gasteiger charge is 2.23. The zero-order chi connectivity index (χ0) is 21.1. The number of anilines is 1. The van der Waals surface area contributed by atoms with Gasteiger partial charge in [0.05, 0.1) is 44.2 Å². The lowest BCUT2D eigenvalue weighted by Gasteiger charge is -2.34. The Hall–Kier alpha value is -2.64. The van der Waals surface area contributed by atoms with Gasteiger partial charge in [0.1, 0.15) is 12.1 Å². The molecule has 4 rings (SSSR count). The summed E-state index contributed by atoms with van der Waals surface area (Å²) in [5.74, 6) is 0.970. The second-order valence-corrected chi connectivity index (χ2v) is 8.23. The molecule has 1 aliphatic rings. The van der Waals surface area contributed by atoms with Gasteiger partial charge in [0.25, 0.3) is 0 Å². The van der Waals surface area contributed by atoms with Crippen molar-refractivity contribution in [2.45, 2.75) is 27.4 Å². The number of nitrogens with one attached hydrogen (secondary N) is 1. The first-order chi connectivity index (χ1) is 14.6. The number of piperazine rings is 1. The van der Waals surface area contributed by atoms with Crippen molar-refractivity contribution in [3.63, 3.8) is 0 Å². The highest BCUT2D eigenvalue weighted by atomic mass is 32.1. The average molecular weight is 425 g/mol. The van der Waals surface area contributed by atoms with Crippen molar-refractivity contribution in [1.29, 1.82) is 0 Å². The SMILES string of the molecule is CCOc1ccccc1N1CC[NH+](Cn2ncn(-c3ccc(C)cc3C)c2=S)CC1. The van der Waals surface area contributed by atoms with Gasteiger partial charge >= 0.3 is 0 Å². The number of rotatable bonds is 6. The van der Waals surface area contributed by atoms with Crippen molar-refractivity contribution in [2.75, 3.05) is 37.7 Å². The van der Waals surface area contributed by atoms with Crippen LogP contribution in [0.3, 0.4) is 0 Å². The van der Waals surface area contributed by atoms with Crippen LogP contribution in [0.1, 0.15) is 18.1 Å². The van der Waals surface area contributed by atoms with Gasteiger partial charge in [-0.25, -0.2) is 0 Å². The Balaban J connectivity index is 1.43. The van der Waals surface area contributed by atoms with Crippen LogP contribution in [0.15, 0.2) is 48.8 Å². The quantitative estimate of drug-likeness (QED) is 0.618. The molecule has 3 aromatic rings. The smallest absolute Gasteiger partial charge is 0.207 e. The lowest BCUT2D eigenvalue weighted by molar-refractivity contribution is -0.924. The van der Waals surface area contributed by atoms with E-state index in [0.717, 1.165) is 49.1 Å². The predicted molar refractivity (Wildman–Crippen MR) is 122 cm³/mol. The standard InChI is InChI=1S/C23H29N5OS/c1-4-29-22-8-6-5-7-21(22)26-13-11-25(12-14-26)17-28-23(30)27(16-24-28)20-10-9-18(2)15-19(20)3/h5-10,15-16H,4,11-14,17H2,1-3H3/p+1. The van der Waals surface area contributed by atoms with Gasteiger partial charge < -0.3 is 14.5 Å². The highest BCUT2D eigenvalue weighted by Crippen LogP contribution is 2.27. The van der Waals surface area contributed by atoms with Crippen molar-refractivity contribution in [2.24, 2.45) is 0 Å². The van der Waals surface area contributed by atoms with Crippen molar-refractivity contribution in [3.05, 3.63) is 64.7 Å². The first-order valence-electron chi connectivity index (χ1n) is 10.6. The summed E-state index contributed by atoms with van der Waals surface area (Å²) in [7, 11) is 0. The van der Waals surface area contributed by atoms with Gasteiger partial charge in [-0.15, -0.1) is 0 Å². The summed E-state index contributed by atoms with van der Waals surface area (Å²) in [6.07, 6.45) is 1.84. The molecule has 1 aromatic heterocycles. The number of benzene rings is 2. The van der Waals surface area contributed by atoms with E-state index in [0.29, 0.717) is 6.61 Å². The number of aromatic nitrogens is 3. The molecular weight excluding hydrogens is 394 g/mol. The van der Waals surface area contributed by atoms with E-state index in [1.165, 1.54) is 21.7 Å². The maximum absolute atomic E-state index is 5.81. The number of quaternary nitrogens is 1. The zero-order valence-electron chi connectivity index (χ0n) is 18.0. The minimum atomic E-state index is 0.684. The van der Waals surface area contributed by atoms with Crippen molar-refractivity contribution >= 4 is 17.9 Å². The molecular formula is C23H30N5OS+. The molecule has 0 radical (unpaired) electrons. The molecule has 1 fully saturated rings. The minimum Gasteiger partial charge on any atom is -0.492 e. The van der Waals surface area contributed by atoms with E-state index in [1.54, 1.807) is 0 Å². The highest BCUT2D eigenvalue weighted by molar-refractivity contribution is 7.71. The Labute approximate surface area is 183 Å². The monoisotopic (exact) mass is 424 g/mol. The Kier molecular flexibility index (Phi) is 6.20. The number of hydrogen-bond donors (Lipinski definition) is 1. The lowest BCUT2D eigenvalue weighted by atomic mass is 10.1. The summed E-state index contributed by atoms with van der Waals surface area (Å²) in [6, 6.07) is 14.7. The lowest BCUT2D eigenvalue weighted by Crippen LogP contribution is -3.14. The molecule has 158 valence electrons. The summed E-state index contributed by atoms with van der Waals surface area (Å²) in [5.41, 5.74) is 4.75. The Morgan fingerprint density at radius 2 is 1.83 bits per heavy atom. The number of nitrogens with zero attached hydrogens (tertiary/aromatic N) is 4. The van der Waals surface area contributed by atoms with Gasteiger partial charge in [-0.05, 0) is 56.8 Å². The van der Waals surface area contributed by atoms with Crippen LogP contribution in [-0.4, -0.2) is 47.1 Å². The van der Waals surface area contributed by atoms with Gasteiger partial charge in [0.2, 0.25) is 4.77 Å². The molecule has 1 N–H and O–H groups in total. The summed E-state index contributed by atoms with van der Waals surface area (Å²) >= 11 is 5.74. The molecule has 0 bridgehead atoms. The summed E-state index contributed by atoms with van der Waals surface area (Å²) < 4.78 is 10.5. The van der Waals surface area contributed by atoms with Gasteiger partial charge in [-0.2, -0.15) is 9.78 Å². The fourth-order valence-corrected chi connectivity index (χ4v) is 4.37. The Morgan fingerprint density at radius 3 is 2.57 bits per heavy atom. The van der Waals surface area contributed by atoms with Crippen LogP contribution >= 0.6 is 12.2 Å². The molecule has 0 aliphatic carbocycles. The molecule has 0 unspecified atom stereocenters. The zero-order valence-corrected chi connectivity index (χ0v) is 18.8. The van der Waals surface area contributed by atoms with E-state index >= 15 is 0 Å². The number of aryl methyl sites for hydroxylation is 2. The summed E-state index contributed by atoms with van der Waals surface area (Å²) in [5, 5.41) is 4.59. The van der Waals surface area contributed by atoms with Crippen LogP contribution in [0.2, 0.25) is 0 Å². The Morgan fingerprint density at radius 1 is 1.07 bits per heavy atom. The molecule has 0 saturated carbocycles. The maximum Gasteiger partial charge on any atom is 0.207 e. The van der Waals surface area contributed by atoms with Gasteiger partial charge in [-0.3, -0.25) is 4.57 Å². The molecule has 1 saturated heterocycles. The largest absolute Gasteiger partial charge is 0.492 e. The van der Waals surface area contributed by atoms with E-state index in [2.05, 4.69) is 60.2 Å². The number of para-hydroxylation sites is 2. The molecule has 2 aromatic carbocycles. The molecule has 0 amide bonds. The van der Waals surface area contributed by atoms with E-state index in [4.69, 9.17) is 17.0 Å². The number of hydrogen-bond acceptors (Lipinski definition) is 4. The summed E-state index contributed by atoms with van der Waals surface area (Å²) in [6.45, 7) is 11.8. The second-order valence-electron chi connectivity index (χ2n) is 7.87. The molecule has 30 heavy (non-hydrogen) atoms. The van der Waals surface area contributed by atoms with Crippen molar-refractivity contribution in [1.82, 2.24) is 14.3 Å². The van der Waals surface area contributed by atoms with E-state index in [1.807, 2.05) is 28.6 Å². The van der Waals surface area contributed by atoms with Crippen LogP contribution in [0.4, 0.5) is 5.69 Å². The van der Waals surface area contributed by atoms with Gasteiger partial charge in [0, 0.05) is 0 Å². The van der Waals surface area contributed by atoms with Gasteiger partial charge in [-0.1, -0.05) is 29.8 Å². The summed E-state index contributed by atoms with van der Waals surface area (Å²) in [4.78, 5) is 3.91. The first kappa shape index (κ1) is 20.6. The molecule has 1 aliphatic heterocycles. The maximum atomic E-state index is 5.81. The third kappa shape index (κ3) is 4.27. The average Bonchev–Trinajstić information content (AvgIpc) is 3.09. The third-order valence-electron chi connectivity index (χ3n) is 5.69. The molecule has 0 atom stereocenters. The topological polar surface area (TPSA) is 39.7 Å². The first-order valence-corrected chi connectivity index (χ1v) is 11.0. The second kappa shape index (κ2) is 9.02. The van der Waals surface area contributed by atoms with Crippen molar-refractivity contribution in [3.8, 4) is 11.4 Å². The molecule has 6 nitrogen and oxygen atoms in total. The molecule has 2 heterocycles. The van der Waals surface area contributed by atoms with Crippen LogP contribution in [0.25, 0.3) is 5.69 Å². The van der Waals surface area contributed by atoms with E-state index in [9.17, 15) is 0 Å². The molecule has 0 spiro atoms. The van der Waals surface area contributed by atoms with Crippen LogP contribution in [0.5, 0.6) is 5.75 Å². The van der Waals surface area contributed by atoms with Gasteiger partial charge in [0.15, 0.2) is 6.67 Å². The van der Waals surface area contributed by atoms with E-state index in [-0.39, 0.29) is 0 Å². The van der Waals surface area contributed by atoms with Crippen LogP contribution in [-0.2, 0) is 6.67 Å². The fraction of sp³-hybridized carbons (Fsp3) is 0.391. The predicted octanol–water partition coefficient (Wildman–Crippen LogP) is 2.78. The third-order valence-corrected chi connectivity index (χ3v) is 6.10. The van der Waals surface area contributed by atoms with Crippen molar-refractivity contribution < 1.29 is 9.64 Å².